The van der Waals surface area contributed by atoms with Gasteiger partial charge in [-0.2, -0.15) is 0 Å². The highest BCUT2D eigenvalue weighted by Gasteiger charge is 2.24. The minimum Gasteiger partial charge on any atom is -0.496 e. The zero-order valence-electron chi connectivity index (χ0n) is 14.1. The van der Waals surface area contributed by atoms with Crippen LogP contribution < -0.4 is 9.04 Å². The molecule has 6 heteroatoms. The fraction of sp³-hybridized carbons (Fsp3) is 0.222. The maximum atomic E-state index is 12.9. The number of anilines is 1. The molecule has 0 bridgehead atoms. The van der Waals surface area contributed by atoms with Crippen molar-refractivity contribution in [1.82, 2.24) is 4.57 Å². The summed E-state index contributed by atoms with van der Waals surface area (Å²) in [5.41, 5.74) is 1.93. The van der Waals surface area contributed by atoms with Crippen molar-refractivity contribution in [3.05, 3.63) is 54.1 Å². The van der Waals surface area contributed by atoms with E-state index in [1.54, 1.807) is 38.4 Å². The highest BCUT2D eigenvalue weighted by atomic mass is 32.2. The van der Waals surface area contributed by atoms with E-state index in [-0.39, 0.29) is 4.90 Å². The molecule has 24 heavy (non-hydrogen) atoms. The van der Waals surface area contributed by atoms with Crippen LogP contribution in [0.1, 0.15) is 5.56 Å². The van der Waals surface area contributed by atoms with E-state index < -0.39 is 10.0 Å². The molecule has 0 atom stereocenters. The molecule has 3 rings (SSSR count). The van der Waals surface area contributed by atoms with Crippen LogP contribution in [0.3, 0.4) is 0 Å². The van der Waals surface area contributed by atoms with E-state index >= 15 is 0 Å². The quantitative estimate of drug-likeness (QED) is 0.729. The first-order valence-electron chi connectivity index (χ1n) is 7.54. The van der Waals surface area contributed by atoms with Crippen LogP contribution in [-0.2, 0) is 17.1 Å². The van der Waals surface area contributed by atoms with Gasteiger partial charge in [-0.15, -0.1) is 0 Å². The summed E-state index contributed by atoms with van der Waals surface area (Å²) in [5.74, 6) is 1.30. The van der Waals surface area contributed by atoms with E-state index in [1.807, 2.05) is 42.8 Å². The number of aryl methyl sites for hydroxylation is 2. The second-order valence-corrected chi connectivity index (χ2v) is 7.71. The SMILES string of the molecule is COc1cccc2c1cc(N(C)S(=O)(=O)c1ccc(C)cc1)n2C. The van der Waals surface area contributed by atoms with Crippen molar-refractivity contribution in [2.75, 3.05) is 18.5 Å². The van der Waals surface area contributed by atoms with Gasteiger partial charge in [0.1, 0.15) is 11.6 Å². The number of fused-ring (bicyclic) bond motifs is 1. The molecule has 2 aromatic carbocycles. The third-order valence-electron chi connectivity index (χ3n) is 4.24. The first-order valence-corrected chi connectivity index (χ1v) is 8.98. The van der Waals surface area contributed by atoms with Gasteiger partial charge in [-0.1, -0.05) is 23.8 Å². The minimum absolute atomic E-state index is 0.271. The van der Waals surface area contributed by atoms with Gasteiger partial charge in [-0.05, 0) is 37.3 Å². The molecule has 0 N–H and O–H groups in total. The summed E-state index contributed by atoms with van der Waals surface area (Å²) in [4.78, 5) is 0.271. The normalized spacial score (nSPS) is 11.7. The molecule has 0 saturated heterocycles. The van der Waals surface area contributed by atoms with Crippen molar-refractivity contribution in [3.8, 4) is 5.75 Å². The van der Waals surface area contributed by atoms with E-state index in [9.17, 15) is 8.42 Å². The first kappa shape index (κ1) is 16.4. The van der Waals surface area contributed by atoms with Crippen molar-refractivity contribution >= 4 is 26.7 Å². The largest absolute Gasteiger partial charge is 0.496 e. The van der Waals surface area contributed by atoms with Gasteiger partial charge >= 0.3 is 0 Å². The molecule has 126 valence electrons. The summed E-state index contributed by atoms with van der Waals surface area (Å²) in [7, 11) is 1.39. The van der Waals surface area contributed by atoms with Crippen LogP contribution in [-0.4, -0.2) is 27.1 Å². The zero-order valence-corrected chi connectivity index (χ0v) is 15.0. The average molecular weight is 344 g/mol. The van der Waals surface area contributed by atoms with E-state index in [0.29, 0.717) is 5.82 Å². The minimum atomic E-state index is -3.63. The molecule has 0 amide bonds. The van der Waals surface area contributed by atoms with E-state index in [4.69, 9.17) is 4.74 Å². The number of nitrogens with zero attached hydrogens (tertiary/aromatic N) is 2. The summed E-state index contributed by atoms with van der Waals surface area (Å²) in [6.45, 7) is 1.93. The third kappa shape index (κ3) is 2.53. The Balaban J connectivity index is 2.13. The number of hydrogen-bond donors (Lipinski definition) is 0. The smallest absolute Gasteiger partial charge is 0.265 e. The molecule has 3 aromatic rings. The van der Waals surface area contributed by atoms with E-state index in [2.05, 4.69) is 0 Å². The molecule has 0 fully saturated rings. The monoisotopic (exact) mass is 344 g/mol. The van der Waals surface area contributed by atoms with Crippen LogP contribution in [0.5, 0.6) is 5.75 Å². The molecule has 0 unspecified atom stereocenters. The van der Waals surface area contributed by atoms with E-state index in [1.165, 1.54) is 4.31 Å². The third-order valence-corrected chi connectivity index (χ3v) is 6.02. The number of benzene rings is 2. The fourth-order valence-corrected chi connectivity index (χ4v) is 4.01. The fourth-order valence-electron chi connectivity index (χ4n) is 2.79. The van der Waals surface area contributed by atoms with E-state index in [0.717, 1.165) is 22.2 Å². The summed E-state index contributed by atoms with van der Waals surface area (Å²) in [6.07, 6.45) is 0. The van der Waals surface area contributed by atoms with Crippen LogP contribution in [0.15, 0.2) is 53.4 Å². The second-order valence-electron chi connectivity index (χ2n) is 5.74. The van der Waals surface area contributed by atoms with Gasteiger partial charge in [0.05, 0.1) is 17.5 Å². The van der Waals surface area contributed by atoms with Crippen LogP contribution >= 0.6 is 0 Å². The van der Waals surface area contributed by atoms with Crippen LogP contribution in [0.2, 0.25) is 0 Å². The average Bonchev–Trinajstić information content (AvgIpc) is 2.91. The summed E-state index contributed by atoms with van der Waals surface area (Å²) < 4.78 is 34.3. The molecule has 5 nitrogen and oxygen atoms in total. The number of hydrogen-bond acceptors (Lipinski definition) is 3. The van der Waals surface area contributed by atoms with Crippen LogP contribution in [0.25, 0.3) is 10.9 Å². The molecule has 0 saturated carbocycles. The predicted molar refractivity (Wildman–Crippen MR) is 96.2 cm³/mol. The maximum Gasteiger partial charge on any atom is 0.265 e. The van der Waals surface area contributed by atoms with Gasteiger partial charge < -0.3 is 9.30 Å². The van der Waals surface area contributed by atoms with Gasteiger partial charge in [-0.25, -0.2) is 8.42 Å². The second kappa shape index (κ2) is 5.87. The van der Waals surface area contributed by atoms with Gasteiger partial charge in [0, 0.05) is 19.5 Å². The molecule has 0 aliphatic rings. The first-order chi connectivity index (χ1) is 11.4. The number of ether oxygens (including phenoxy) is 1. The molecule has 1 aromatic heterocycles. The molecule has 0 radical (unpaired) electrons. The standard InChI is InChI=1S/C18H20N2O3S/c1-13-8-10-14(11-9-13)24(21,22)20(3)18-12-15-16(19(18)2)6-5-7-17(15)23-4/h5-12H,1-4H3. The van der Waals surface area contributed by atoms with Gasteiger partial charge in [0.2, 0.25) is 0 Å². The Kier molecular flexibility index (Phi) is 4.01. The Morgan fingerprint density at radius 1 is 1.08 bits per heavy atom. The van der Waals surface area contributed by atoms with Crippen molar-refractivity contribution in [3.63, 3.8) is 0 Å². The lowest BCUT2D eigenvalue weighted by atomic mass is 10.2. The predicted octanol–water partition coefficient (Wildman–Crippen LogP) is 3.32. The Morgan fingerprint density at radius 2 is 1.75 bits per heavy atom. The van der Waals surface area contributed by atoms with Crippen LogP contribution in [0, 0.1) is 6.92 Å². The van der Waals surface area contributed by atoms with Crippen molar-refractivity contribution in [1.29, 1.82) is 0 Å². The zero-order chi connectivity index (χ0) is 17.5. The Bertz CT molecular complexity index is 989. The maximum absolute atomic E-state index is 12.9. The molecule has 0 aliphatic carbocycles. The number of methoxy groups -OCH3 is 1. The lowest BCUT2D eigenvalue weighted by molar-refractivity contribution is 0.420. The van der Waals surface area contributed by atoms with Gasteiger partial charge in [-0.3, -0.25) is 4.31 Å². The number of rotatable bonds is 4. The molecule has 0 spiro atoms. The highest BCUT2D eigenvalue weighted by molar-refractivity contribution is 7.92. The van der Waals surface area contributed by atoms with Gasteiger partial charge in [0.15, 0.2) is 0 Å². The summed E-state index contributed by atoms with van der Waals surface area (Å²) in [5, 5.41) is 0.878. The lowest BCUT2D eigenvalue weighted by Gasteiger charge is -2.20. The topological polar surface area (TPSA) is 51.5 Å². The lowest BCUT2D eigenvalue weighted by Crippen LogP contribution is -2.28. The number of aromatic nitrogens is 1. The van der Waals surface area contributed by atoms with Crippen molar-refractivity contribution in [2.24, 2.45) is 7.05 Å². The Labute approximate surface area is 142 Å². The highest BCUT2D eigenvalue weighted by Crippen LogP contribution is 2.33. The summed E-state index contributed by atoms with van der Waals surface area (Å²) in [6, 6.07) is 14.4. The molecule has 0 aliphatic heterocycles. The molecular formula is C18H20N2O3S. The molecule has 1 heterocycles. The molecular weight excluding hydrogens is 324 g/mol. The van der Waals surface area contributed by atoms with Crippen molar-refractivity contribution in [2.45, 2.75) is 11.8 Å². The van der Waals surface area contributed by atoms with Crippen molar-refractivity contribution < 1.29 is 13.2 Å². The number of sulfonamides is 1. The van der Waals surface area contributed by atoms with Gasteiger partial charge in [0.25, 0.3) is 10.0 Å². The summed E-state index contributed by atoms with van der Waals surface area (Å²) >= 11 is 0. The Hall–Kier alpha value is -2.47. The Morgan fingerprint density at radius 3 is 2.38 bits per heavy atom. The van der Waals surface area contributed by atoms with Crippen LogP contribution in [0.4, 0.5) is 5.82 Å².